The molecule has 0 unspecified atom stereocenters. The number of carbonyl (C=O) groups is 1. The van der Waals surface area contributed by atoms with Gasteiger partial charge in [0.15, 0.2) is 9.84 Å². The monoisotopic (exact) mass is 465 g/mol. The van der Waals surface area contributed by atoms with Crippen LogP contribution in [0.1, 0.15) is 0 Å². The zero-order valence-electron chi connectivity index (χ0n) is 14.5. The molecule has 160 valence electrons. The second-order valence-electron chi connectivity index (χ2n) is 5.52. The number of halogens is 3. The Kier molecular flexibility index (Phi) is 6.66. The van der Waals surface area contributed by atoms with Gasteiger partial charge in [-0.1, -0.05) is 12.1 Å². The molecular weight excluding hydrogens is 455 g/mol. The number of non-ortho nitro benzene ring substituents is 1. The van der Waals surface area contributed by atoms with Crippen molar-refractivity contribution in [3.8, 4) is 0 Å². The zero-order valence-corrected chi connectivity index (χ0v) is 16.1. The molecule has 0 saturated heterocycles. The van der Waals surface area contributed by atoms with Gasteiger partial charge in [-0.2, -0.15) is 13.2 Å². The van der Waals surface area contributed by atoms with Crippen molar-refractivity contribution >= 4 is 44.6 Å². The molecule has 0 atom stereocenters. The van der Waals surface area contributed by atoms with Crippen LogP contribution in [0.5, 0.6) is 0 Å². The molecule has 0 radical (unpaired) electrons. The summed E-state index contributed by atoms with van der Waals surface area (Å²) in [5.41, 5.74) is -6.81. The minimum atomic E-state index is -4.66. The highest BCUT2D eigenvalue weighted by molar-refractivity contribution is 8.00. The van der Waals surface area contributed by atoms with E-state index in [4.69, 9.17) is 0 Å². The summed E-state index contributed by atoms with van der Waals surface area (Å²) in [6.45, 7) is 0. The number of sulfone groups is 1. The van der Waals surface area contributed by atoms with Crippen molar-refractivity contribution in [2.24, 2.45) is 0 Å². The first-order valence-electron chi connectivity index (χ1n) is 7.60. The molecule has 0 heterocycles. The number of hydrogen-bond acceptors (Lipinski definition) is 8. The standard InChI is InChI=1S/C15H10F3N3O7S2/c16-15(17,18)29-12-4-2-1-3-10(12)19-14(22)8-30(27,28)13-6-5-9(20(23)24)7-11(13)21(25)26/h1-7H,8H2,(H,19,22). The third kappa shape index (κ3) is 5.90. The van der Waals surface area contributed by atoms with E-state index in [2.05, 4.69) is 0 Å². The van der Waals surface area contributed by atoms with Gasteiger partial charge in [0.1, 0.15) is 10.6 Å². The summed E-state index contributed by atoms with van der Waals surface area (Å²) >= 11 is -0.523. The van der Waals surface area contributed by atoms with Gasteiger partial charge in [0, 0.05) is 11.0 Å². The van der Waals surface area contributed by atoms with Crippen molar-refractivity contribution in [3.63, 3.8) is 0 Å². The van der Waals surface area contributed by atoms with E-state index in [1.54, 1.807) is 0 Å². The van der Waals surface area contributed by atoms with Crippen LogP contribution >= 0.6 is 11.8 Å². The van der Waals surface area contributed by atoms with Crippen molar-refractivity contribution in [3.05, 3.63) is 62.7 Å². The van der Waals surface area contributed by atoms with E-state index < -0.39 is 69.8 Å². The molecule has 0 fully saturated rings. The maximum absolute atomic E-state index is 12.6. The number of para-hydroxylation sites is 1. The predicted octanol–water partition coefficient (Wildman–Crippen LogP) is 3.53. The molecule has 0 aliphatic rings. The molecular formula is C15H10F3N3O7S2. The lowest BCUT2D eigenvalue weighted by molar-refractivity contribution is -0.396. The van der Waals surface area contributed by atoms with Crippen LogP contribution in [-0.4, -0.2) is 35.4 Å². The SMILES string of the molecule is O=C(CS(=O)(=O)c1ccc([N+](=O)[O-])cc1[N+](=O)[O-])Nc1ccccc1SC(F)(F)F. The van der Waals surface area contributed by atoms with Gasteiger partial charge in [0.25, 0.3) is 11.4 Å². The number of nitro groups is 2. The highest BCUT2D eigenvalue weighted by Gasteiger charge is 2.32. The molecule has 2 aromatic rings. The lowest BCUT2D eigenvalue weighted by atomic mass is 10.3. The summed E-state index contributed by atoms with van der Waals surface area (Å²) in [5.74, 6) is -2.59. The largest absolute Gasteiger partial charge is 0.446 e. The topological polar surface area (TPSA) is 150 Å². The highest BCUT2D eigenvalue weighted by atomic mass is 32.2. The number of amides is 1. The minimum absolute atomic E-state index is 0.307. The van der Waals surface area contributed by atoms with Crippen LogP contribution in [0.3, 0.4) is 0 Å². The van der Waals surface area contributed by atoms with Crippen molar-refractivity contribution in [2.75, 3.05) is 11.1 Å². The molecule has 0 aliphatic heterocycles. The fraction of sp³-hybridized carbons (Fsp3) is 0.133. The average molecular weight is 465 g/mol. The molecule has 2 aromatic carbocycles. The van der Waals surface area contributed by atoms with Gasteiger partial charge < -0.3 is 5.32 Å². The molecule has 15 heteroatoms. The fourth-order valence-electron chi connectivity index (χ4n) is 2.25. The molecule has 10 nitrogen and oxygen atoms in total. The number of rotatable bonds is 7. The number of anilines is 1. The van der Waals surface area contributed by atoms with Crippen molar-refractivity contribution < 1.29 is 36.2 Å². The number of nitrogens with zero attached hydrogens (tertiary/aromatic N) is 2. The van der Waals surface area contributed by atoms with Gasteiger partial charge >= 0.3 is 5.51 Å². The second kappa shape index (κ2) is 8.66. The molecule has 0 bridgehead atoms. The fourth-order valence-corrected chi connectivity index (χ4v) is 4.17. The van der Waals surface area contributed by atoms with Gasteiger partial charge in [0.2, 0.25) is 5.91 Å². The van der Waals surface area contributed by atoms with Crippen molar-refractivity contribution in [2.45, 2.75) is 15.3 Å². The van der Waals surface area contributed by atoms with Gasteiger partial charge in [-0.25, -0.2) is 8.42 Å². The first kappa shape index (κ1) is 23.1. The Morgan fingerprint density at radius 2 is 1.70 bits per heavy atom. The van der Waals surface area contributed by atoms with Gasteiger partial charge in [-0.15, -0.1) is 0 Å². The van der Waals surface area contributed by atoms with Gasteiger partial charge in [0.05, 0.1) is 21.6 Å². The maximum Gasteiger partial charge on any atom is 0.446 e. The molecule has 0 spiro atoms. The second-order valence-corrected chi connectivity index (χ2v) is 8.58. The van der Waals surface area contributed by atoms with Crippen molar-refractivity contribution in [1.29, 1.82) is 0 Å². The Morgan fingerprint density at radius 1 is 1.07 bits per heavy atom. The molecule has 0 aromatic heterocycles. The van der Waals surface area contributed by atoms with E-state index in [0.29, 0.717) is 18.2 Å². The summed E-state index contributed by atoms with van der Waals surface area (Å²) in [6.07, 6.45) is 0. The van der Waals surface area contributed by atoms with Crippen LogP contribution in [0, 0.1) is 20.2 Å². The lowest BCUT2D eigenvalue weighted by Gasteiger charge is -2.12. The van der Waals surface area contributed by atoms with E-state index in [9.17, 15) is 46.6 Å². The smallest absolute Gasteiger partial charge is 0.324 e. The first-order valence-corrected chi connectivity index (χ1v) is 10.1. The normalized spacial score (nSPS) is 11.7. The quantitative estimate of drug-likeness (QED) is 0.371. The predicted molar refractivity (Wildman–Crippen MR) is 98.8 cm³/mol. The van der Waals surface area contributed by atoms with Gasteiger partial charge in [-0.05, 0) is 30.0 Å². The Hall–Kier alpha value is -3.20. The molecule has 2 rings (SSSR count). The number of nitro benzene ring substituents is 2. The minimum Gasteiger partial charge on any atom is -0.324 e. The van der Waals surface area contributed by atoms with E-state index >= 15 is 0 Å². The Bertz CT molecular complexity index is 1120. The summed E-state index contributed by atoms with van der Waals surface area (Å²) in [7, 11) is -4.65. The molecule has 1 N–H and O–H groups in total. The van der Waals surface area contributed by atoms with E-state index in [0.717, 1.165) is 12.1 Å². The van der Waals surface area contributed by atoms with Crippen LogP contribution in [-0.2, 0) is 14.6 Å². The van der Waals surface area contributed by atoms with E-state index in [-0.39, 0.29) is 5.69 Å². The Morgan fingerprint density at radius 3 is 2.27 bits per heavy atom. The maximum atomic E-state index is 12.6. The number of nitrogens with one attached hydrogen (secondary N) is 1. The molecule has 30 heavy (non-hydrogen) atoms. The number of hydrogen-bond donors (Lipinski definition) is 1. The number of thioether (sulfide) groups is 1. The van der Waals surface area contributed by atoms with Crippen LogP contribution in [0.15, 0.2) is 52.3 Å². The number of benzene rings is 2. The molecule has 0 aliphatic carbocycles. The summed E-state index contributed by atoms with van der Waals surface area (Å²) < 4.78 is 62.7. The Balaban J connectivity index is 2.30. The van der Waals surface area contributed by atoms with Crippen LogP contribution in [0.2, 0.25) is 0 Å². The van der Waals surface area contributed by atoms with E-state index in [1.165, 1.54) is 12.1 Å². The van der Waals surface area contributed by atoms with Gasteiger partial charge in [-0.3, -0.25) is 25.0 Å². The van der Waals surface area contributed by atoms with Crippen LogP contribution in [0.4, 0.5) is 30.2 Å². The van der Waals surface area contributed by atoms with E-state index in [1.807, 2.05) is 5.32 Å². The van der Waals surface area contributed by atoms with Crippen LogP contribution < -0.4 is 5.32 Å². The first-order chi connectivity index (χ1) is 13.8. The highest BCUT2D eigenvalue weighted by Crippen LogP contribution is 2.40. The summed E-state index contributed by atoms with van der Waals surface area (Å²) in [4.78, 5) is 30.5. The third-order valence-corrected chi connectivity index (χ3v) is 5.86. The third-order valence-electron chi connectivity index (χ3n) is 3.39. The lowest BCUT2D eigenvalue weighted by Crippen LogP contribution is -2.24. The number of carbonyl (C=O) groups excluding carboxylic acids is 1. The zero-order chi connectivity index (χ0) is 22.7. The average Bonchev–Trinajstić information content (AvgIpc) is 2.61. The van der Waals surface area contributed by atoms with Crippen molar-refractivity contribution in [1.82, 2.24) is 0 Å². The Labute approximate surface area is 170 Å². The summed E-state index contributed by atoms with van der Waals surface area (Å²) in [6, 6.07) is 6.53. The summed E-state index contributed by atoms with van der Waals surface area (Å²) in [5, 5.41) is 23.9. The number of alkyl halides is 3. The van der Waals surface area contributed by atoms with Crippen LogP contribution in [0.25, 0.3) is 0 Å². The molecule has 1 amide bonds. The molecule has 0 saturated carbocycles.